The van der Waals surface area contributed by atoms with Crippen molar-refractivity contribution in [3.8, 4) is 11.3 Å². The fourth-order valence-electron chi connectivity index (χ4n) is 2.61. The van der Waals surface area contributed by atoms with Crippen molar-refractivity contribution >= 4 is 33.5 Å². The van der Waals surface area contributed by atoms with Crippen LogP contribution in [0.2, 0.25) is 5.02 Å². The van der Waals surface area contributed by atoms with E-state index in [9.17, 15) is 9.59 Å². The third kappa shape index (κ3) is 2.13. The predicted octanol–water partition coefficient (Wildman–Crippen LogP) is 3.09. The molecule has 0 aliphatic rings. The van der Waals surface area contributed by atoms with Crippen molar-refractivity contribution in [2.45, 2.75) is 0 Å². The van der Waals surface area contributed by atoms with Crippen LogP contribution in [-0.4, -0.2) is 15.0 Å². The van der Waals surface area contributed by atoms with Crippen molar-refractivity contribution in [1.29, 1.82) is 0 Å². The zero-order valence-electron chi connectivity index (χ0n) is 11.8. The van der Waals surface area contributed by atoms with Gasteiger partial charge in [-0.15, -0.1) is 0 Å². The van der Waals surface area contributed by atoms with Crippen molar-refractivity contribution in [2.24, 2.45) is 0 Å². The molecule has 0 spiro atoms. The lowest BCUT2D eigenvalue weighted by Crippen LogP contribution is -2.12. The molecule has 0 atom stereocenters. The van der Waals surface area contributed by atoms with Crippen LogP contribution in [0.5, 0.6) is 0 Å². The molecule has 5 nitrogen and oxygen atoms in total. The first-order valence-corrected chi connectivity index (χ1v) is 7.32. The standard InChI is InChI=1S/C17H10ClN3O2/c18-13-15-10(12(22)6-7-19-15)8-11-16(13)21-14(17(23)20-11)9-4-2-1-3-5-9/h1-8H,(H,19,22)(H,20,23). The smallest absolute Gasteiger partial charge is 0.274 e. The van der Waals surface area contributed by atoms with E-state index in [1.165, 1.54) is 12.3 Å². The van der Waals surface area contributed by atoms with Gasteiger partial charge in [-0.1, -0.05) is 41.9 Å². The Morgan fingerprint density at radius 2 is 1.83 bits per heavy atom. The van der Waals surface area contributed by atoms with Crippen LogP contribution in [-0.2, 0) is 0 Å². The molecule has 2 aromatic heterocycles. The Kier molecular flexibility index (Phi) is 3.02. The zero-order valence-corrected chi connectivity index (χ0v) is 12.5. The molecule has 0 amide bonds. The maximum absolute atomic E-state index is 12.3. The van der Waals surface area contributed by atoms with Crippen LogP contribution >= 0.6 is 11.6 Å². The van der Waals surface area contributed by atoms with E-state index in [1.54, 1.807) is 18.2 Å². The first-order valence-electron chi connectivity index (χ1n) is 6.94. The minimum absolute atomic E-state index is 0.171. The number of fused-ring (bicyclic) bond motifs is 2. The highest BCUT2D eigenvalue weighted by molar-refractivity contribution is 6.39. The van der Waals surface area contributed by atoms with E-state index in [1.807, 2.05) is 18.2 Å². The zero-order chi connectivity index (χ0) is 16.0. The van der Waals surface area contributed by atoms with Gasteiger partial charge in [0.15, 0.2) is 5.43 Å². The summed E-state index contributed by atoms with van der Waals surface area (Å²) >= 11 is 6.40. The van der Waals surface area contributed by atoms with E-state index in [2.05, 4.69) is 15.0 Å². The fourth-order valence-corrected chi connectivity index (χ4v) is 2.91. The Balaban J connectivity index is 2.14. The molecular weight excluding hydrogens is 314 g/mol. The molecule has 112 valence electrons. The van der Waals surface area contributed by atoms with Gasteiger partial charge >= 0.3 is 0 Å². The van der Waals surface area contributed by atoms with Gasteiger partial charge < -0.3 is 9.97 Å². The maximum atomic E-state index is 12.3. The second-order valence-corrected chi connectivity index (χ2v) is 5.51. The summed E-state index contributed by atoms with van der Waals surface area (Å²) in [6, 6.07) is 12.2. The number of halogens is 1. The Bertz CT molecular complexity index is 1160. The van der Waals surface area contributed by atoms with Gasteiger partial charge in [0.05, 0.1) is 16.1 Å². The van der Waals surface area contributed by atoms with Gasteiger partial charge in [0, 0.05) is 23.2 Å². The number of nitrogens with zero attached hydrogens (tertiary/aromatic N) is 1. The van der Waals surface area contributed by atoms with Crippen molar-refractivity contribution in [3.05, 3.63) is 74.3 Å². The fraction of sp³-hybridized carbons (Fsp3) is 0. The molecule has 2 aromatic carbocycles. The summed E-state index contributed by atoms with van der Waals surface area (Å²) in [5, 5.41) is 0.721. The Hall–Kier alpha value is -2.92. The number of benzene rings is 2. The van der Waals surface area contributed by atoms with E-state index in [0.717, 1.165) is 0 Å². The van der Waals surface area contributed by atoms with E-state index in [0.29, 0.717) is 32.5 Å². The third-order valence-electron chi connectivity index (χ3n) is 3.70. The highest BCUT2D eigenvalue weighted by atomic mass is 35.5. The lowest BCUT2D eigenvalue weighted by Gasteiger charge is -2.07. The average Bonchev–Trinajstić information content (AvgIpc) is 2.56. The average molecular weight is 324 g/mol. The minimum Gasteiger partial charge on any atom is -0.360 e. The number of nitrogens with one attached hydrogen (secondary N) is 2. The molecule has 0 bridgehead atoms. The molecule has 2 heterocycles. The van der Waals surface area contributed by atoms with Crippen LogP contribution < -0.4 is 11.0 Å². The highest BCUT2D eigenvalue weighted by Crippen LogP contribution is 2.28. The molecule has 4 aromatic rings. The molecule has 4 rings (SSSR count). The second kappa shape index (κ2) is 5.07. The number of H-pyrrole nitrogens is 2. The monoisotopic (exact) mass is 323 g/mol. The third-order valence-corrected chi connectivity index (χ3v) is 4.07. The van der Waals surface area contributed by atoms with Gasteiger partial charge in [-0.05, 0) is 6.07 Å². The Labute approximate surface area is 134 Å². The Morgan fingerprint density at radius 3 is 2.61 bits per heavy atom. The summed E-state index contributed by atoms with van der Waals surface area (Å²) in [5.41, 5.74) is 1.88. The van der Waals surface area contributed by atoms with Crippen molar-refractivity contribution in [2.75, 3.05) is 0 Å². The number of hydrogen-bond acceptors (Lipinski definition) is 3. The number of rotatable bonds is 1. The lowest BCUT2D eigenvalue weighted by atomic mass is 10.1. The van der Waals surface area contributed by atoms with E-state index in [-0.39, 0.29) is 16.7 Å². The molecule has 0 aliphatic heterocycles. The van der Waals surface area contributed by atoms with Crippen molar-refractivity contribution < 1.29 is 0 Å². The van der Waals surface area contributed by atoms with Crippen LogP contribution in [0.25, 0.3) is 33.2 Å². The van der Waals surface area contributed by atoms with Crippen LogP contribution in [0.1, 0.15) is 0 Å². The van der Waals surface area contributed by atoms with E-state index >= 15 is 0 Å². The van der Waals surface area contributed by atoms with Gasteiger partial charge in [-0.25, -0.2) is 4.98 Å². The molecule has 6 heteroatoms. The number of hydrogen-bond donors (Lipinski definition) is 2. The largest absolute Gasteiger partial charge is 0.360 e. The lowest BCUT2D eigenvalue weighted by molar-refractivity contribution is 1.22. The first-order chi connectivity index (χ1) is 11.1. The molecule has 0 saturated carbocycles. The summed E-state index contributed by atoms with van der Waals surface area (Å²) in [4.78, 5) is 34.4. The molecule has 0 fully saturated rings. The Morgan fingerprint density at radius 1 is 1.04 bits per heavy atom. The van der Waals surface area contributed by atoms with E-state index < -0.39 is 0 Å². The normalized spacial score (nSPS) is 11.2. The molecule has 0 unspecified atom stereocenters. The minimum atomic E-state index is -0.327. The summed E-state index contributed by atoms with van der Waals surface area (Å²) in [7, 11) is 0. The van der Waals surface area contributed by atoms with Gasteiger partial charge in [-0.3, -0.25) is 9.59 Å². The SMILES string of the molecule is O=c1[nH]c2cc3c(=O)cc[nH]c3c(Cl)c2nc1-c1ccccc1. The first kappa shape index (κ1) is 13.7. The summed E-state index contributed by atoms with van der Waals surface area (Å²) in [6.07, 6.45) is 1.53. The molecule has 23 heavy (non-hydrogen) atoms. The van der Waals surface area contributed by atoms with E-state index in [4.69, 9.17) is 11.6 Å². The van der Waals surface area contributed by atoms with Gasteiger partial charge in [0.1, 0.15) is 11.2 Å². The van der Waals surface area contributed by atoms with Gasteiger partial charge in [0.25, 0.3) is 5.56 Å². The van der Waals surface area contributed by atoms with Crippen LogP contribution in [0.15, 0.2) is 58.3 Å². The molecule has 2 N–H and O–H groups in total. The molecular formula is C17H10ClN3O2. The maximum Gasteiger partial charge on any atom is 0.274 e. The van der Waals surface area contributed by atoms with Gasteiger partial charge in [0.2, 0.25) is 0 Å². The molecule has 0 radical (unpaired) electrons. The topological polar surface area (TPSA) is 78.6 Å². The predicted molar refractivity (Wildman–Crippen MR) is 90.9 cm³/mol. The van der Waals surface area contributed by atoms with Crippen LogP contribution in [0.4, 0.5) is 0 Å². The number of pyridine rings is 1. The quantitative estimate of drug-likeness (QED) is 0.528. The van der Waals surface area contributed by atoms with Gasteiger partial charge in [-0.2, -0.15) is 0 Å². The summed E-state index contributed by atoms with van der Waals surface area (Å²) in [6.45, 7) is 0. The van der Waals surface area contributed by atoms with Crippen LogP contribution in [0, 0.1) is 0 Å². The summed E-state index contributed by atoms with van der Waals surface area (Å²) in [5.74, 6) is 0. The number of aromatic nitrogens is 3. The van der Waals surface area contributed by atoms with Crippen LogP contribution in [0.3, 0.4) is 0 Å². The molecule has 0 aliphatic carbocycles. The van der Waals surface area contributed by atoms with Crippen molar-refractivity contribution in [3.63, 3.8) is 0 Å². The number of aromatic amines is 2. The summed E-state index contributed by atoms with van der Waals surface area (Å²) < 4.78 is 0. The second-order valence-electron chi connectivity index (χ2n) is 5.13. The molecule has 0 saturated heterocycles. The highest BCUT2D eigenvalue weighted by Gasteiger charge is 2.13. The van der Waals surface area contributed by atoms with Crippen molar-refractivity contribution in [1.82, 2.24) is 15.0 Å².